The summed E-state index contributed by atoms with van der Waals surface area (Å²) in [6.45, 7) is 0.456. The third-order valence-corrected chi connectivity index (χ3v) is 5.09. The molecule has 0 unspecified atom stereocenters. The number of nitrogens with one attached hydrogen (secondary N) is 4. The molecule has 0 bridgehead atoms. The summed E-state index contributed by atoms with van der Waals surface area (Å²) in [5.74, 6) is 1.55. The molecule has 0 amide bonds. The van der Waals surface area contributed by atoms with E-state index in [1.807, 2.05) is 12.1 Å². The van der Waals surface area contributed by atoms with Gasteiger partial charge >= 0.3 is 0 Å². The first-order valence-corrected chi connectivity index (χ1v) is 9.19. The van der Waals surface area contributed by atoms with Gasteiger partial charge in [-0.3, -0.25) is 5.10 Å². The highest BCUT2D eigenvalue weighted by Crippen LogP contribution is 2.43. The van der Waals surface area contributed by atoms with Crippen molar-refractivity contribution in [1.82, 2.24) is 30.1 Å². The number of nitrogens with zero attached hydrogens (tertiary/aromatic N) is 4. The van der Waals surface area contributed by atoms with Crippen LogP contribution in [0.1, 0.15) is 23.6 Å². The van der Waals surface area contributed by atoms with E-state index in [1.165, 1.54) is 0 Å². The van der Waals surface area contributed by atoms with E-state index in [1.54, 1.807) is 24.7 Å². The average Bonchev–Trinajstić information content (AvgIpc) is 3.10. The van der Waals surface area contributed by atoms with Crippen molar-refractivity contribution >= 4 is 40.2 Å². The molecule has 1 saturated carbocycles. The number of H-pyrrole nitrogens is 2. The van der Waals surface area contributed by atoms with Crippen molar-refractivity contribution in [3.8, 4) is 0 Å². The summed E-state index contributed by atoms with van der Waals surface area (Å²) in [4.78, 5) is 15.9. The minimum Gasteiger partial charge on any atom is -0.350 e. The summed E-state index contributed by atoms with van der Waals surface area (Å²) in [7, 11) is 0. The monoisotopic (exact) mass is 398 g/mol. The van der Waals surface area contributed by atoms with Crippen molar-refractivity contribution in [2.24, 2.45) is 0 Å². The van der Waals surface area contributed by atoms with Crippen molar-refractivity contribution < 1.29 is 4.39 Å². The highest BCUT2D eigenvalue weighted by molar-refractivity contribution is 6.35. The third kappa shape index (κ3) is 3.24. The lowest BCUT2D eigenvalue weighted by atomic mass is 10.2. The van der Waals surface area contributed by atoms with Crippen LogP contribution in [0, 0.1) is 0 Å². The summed E-state index contributed by atoms with van der Waals surface area (Å²) in [5, 5.41) is 13.9. The maximum absolute atomic E-state index is 13.2. The van der Waals surface area contributed by atoms with Crippen LogP contribution < -0.4 is 10.6 Å². The molecule has 2 atom stereocenters. The molecule has 5 rings (SSSR count). The highest BCUT2D eigenvalue weighted by Gasteiger charge is 2.40. The van der Waals surface area contributed by atoms with Crippen LogP contribution in [0.15, 0.2) is 36.8 Å². The number of halogens is 2. The number of rotatable bonds is 6. The Balaban J connectivity index is 1.27. The summed E-state index contributed by atoms with van der Waals surface area (Å²) in [6, 6.07) is 7.40. The zero-order valence-electron chi connectivity index (χ0n) is 14.6. The maximum atomic E-state index is 13.2. The molecule has 10 heteroatoms. The molecule has 0 aliphatic heterocycles. The Labute approximate surface area is 164 Å². The molecule has 1 aromatic carbocycles. The van der Waals surface area contributed by atoms with E-state index >= 15 is 0 Å². The van der Waals surface area contributed by atoms with Gasteiger partial charge < -0.3 is 15.6 Å². The molecule has 28 heavy (non-hydrogen) atoms. The molecule has 1 fully saturated rings. The van der Waals surface area contributed by atoms with E-state index < -0.39 is 6.17 Å². The van der Waals surface area contributed by atoms with Gasteiger partial charge in [0.05, 0.1) is 16.9 Å². The second kappa shape index (κ2) is 6.75. The van der Waals surface area contributed by atoms with Gasteiger partial charge in [-0.1, -0.05) is 17.7 Å². The predicted molar refractivity (Wildman–Crippen MR) is 105 cm³/mol. The van der Waals surface area contributed by atoms with E-state index in [9.17, 15) is 4.39 Å². The SMILES string of the molecule is F[C@@H]1C[C@H]1c1cc(Nc2ccnc(NCc3ccc4[nH]cnc4c3Cl)n2)n[nH]1. The fraction of sp³-hybridized carbons (Fsp3) is 0.222. The van der Waals surface area contributed by atoms with Crippen molar-refractivity contribution in [3.05, 3.63) is 53.1 Å². The fourth-order valence-electron chi connectivity index (χ4n) is 3.05. The third-order valence-electron chi connectivity index (χ3n) is 4.67. The molecular weight excluding hydrogens is 383 g/mol. The van der Waals surface area contributed by atoms with Gasteiger partial charge in [-0.25, -0.2) is 14.4 Å². The smallest absolute Gasteiger partial charge is 0.224 e. The minimum atomic E-state index is -0.768. The molecule has 0 radical (unpaired) electrons. The van der Waals surface area contributed by atoms with E-state index in [-0.39, 0.29) is 5.92 Å². The van der Waals surface area contributed by atoms with Gasteiger partial charge in [-0.15, -0.1) is 0 Å². The summed E-state index contributed by atoms with van der Waals surface area (Å²) in [5.41, 5.74) is 3.31. The van der Waals surface area contributed by atoms with Crippen molar-refractivity contribution in [2.45, 2.75) is 25.1 Å². The Morgan fingerprint density at radius 1 is 1.21 bits per heavy atom. The van der Waals surface area contributed by atoms with Crippen LogP contribution in [0.5, 0.6) is 0 Å². The van der Waals surface area contributed by atoms with Crippen molar-refractivity contribution in [1.29, 1.82) is 0 Å². The molecule has 4 N–H and O–H groups in total. The van der Waals surface area contributed by atoms with Gasteiger partial charge in [-0.05, 0) is 24.1 Å². The Morgan fingerprint density at radius 2 is 2.11 bits per heavy atom. The molecule has 3 heterocycles. The molecule has 8 nitrogen and oxygen atoms in total. The van der Waals surface area contributed by atoms with Crippen molar-refractivity contribution in [2.75, 3.05) is 10.6 Å². The lowest BCUT2D eigenvalue weighted by Crippen LogP contribution is -2.05. The number of anilines is 3. The number of aromatic amines is 2. The average molecular weight is 399 g/mol. The van der Waals surface area contributed by atoms with Crippen LogP contribution in [-0.4, -0.2) is 36.3 Å². The van der Waals surface area contributed by atoms with Crippen LogP contribution >= 0.6 is 11.6 Å². The first-order valence-electron chi connectivity index (χ1n) is 8.81. The molecule has 142 valence electrons. The molecule has 1 aliphatic rings. The van der Waals surface area contributed by atoms with Gasteiger partial charge in [0.1, 0.15) is 17.5 Å². The number of benzene rings is 1. The number of hydrogen-bond donors (Lipinski definition) is 4. The molecule has 4 aromatic rings. The van der Waals surface area contributed by atoms with Gasteiger partial charge in [0.25, 0.3) is 0 Å². The van der Waals surface area contributed by atoms with E-state index in [0.29, 0.717) is 35.6 Å². The molecular formula is C18H16ClFN8. The van der Waals surface area contributed by atoms with Crippen molar-refractivity contribution in [3.63, 3.8) is 0 Å². The highest BCUT2D eigenvalue weighted by atomic mass is 35.5. The number of aromatic nitrogens is 6. The Bertz CT molecular complexity index is 1140. The Kier molecular flexibility index (Phi) is 4.09. The normalized spacial score (nSPS) is 18.4. The quantitative estimate of drug-likeness (QED) is 0.392. The Hall–Kier alpha value is -3.20. The fourth-order valence-corrected chi connectivity index (χ4v) is 3.33. The van der Waals surface area contributed by atoms with Gasteiger partial charge in [0, 0.05) is 30.4 Å². The lowest BCUT2D eigenvalue weighted by Gasteiger charge is -2.08. The van der Waals surface area contributed by atoms with E-state index in [2.05, 4.69) is 40.8 Å². The zero-order chi connectivity index (χ0) is 19.1. The first-order chi connectivity index (χ1) is 13.7. The van der Waals surface area contributed by atoms with Gasteiger partial charge in [0.15, 0.2) is 5.82 Å². The summed E-state index contributed by atoms with van der Waals surface area (Å²) < 4.78 is 13.2. The van der Waals surface area contributed by atoms with Crippen LogP contribution in [-0.2, 0) is 6.54 Å². The van der Waals surface area contributed by atoms with Crippen LogP contribution in [0.3, 0.4) is 0 Å². The number of alkyl halides is 1. The summed E-state index contributed by atoms with van der Waals surface area (Å²) >= 11 is 6.42. The molecule has 0 spiro atoms. The maximum Gasteiger partial charge on any atom is 0.224 e. The van der Waals surface area contributed by atoms with Gasteiger partial charge in [-0.2, -0.15) is 10.1 Å². The number of fused-ring (bicyclic) bond motifs is 1. The van der Waals surface area contributed by atoms with Gasteiger partial charge in [0.2, 0.25) is 5.95 Å². The van der Waals surface area contributed by atoms with E-state index in [4.69, 9.17) is 11.6 Å². The second-order valence-corrected chi connectivity index (χ2v) is 7.03. The van der Waals surface area contributed by atoms with Crippen LogP contribution in [0.4, 0.5) is 22.0 Å². The van der Waals surface area contributed by atoms with E-state index in [0.717, 1.165) is 22.3 Å². The van der Waals surface area contributed by atoms with Crippen LogP contribution in [0.2, 0.25) is 5.02 Å². The summed E-state index contributed by atoms with van der Waals surface area (Å²) in [6.07, 6.45) is 3.04. The second-order valence-electron chi connectivity index (χ2n) is 6.65. The molecule has 3 aromatic heterocycles. The predicted octanol–water partition coefficient (Wildman–Crippen LogP) is 3.91. The topological polar surface area (TPSA) is 107 Å². The number of imidazole rings is 1. The lowest BCUT2D eigenvalue weighted by molar-refractivity contribution is 0.466. The largest absolute Gasteiger partial charge is 0.350 e. The Morgan fingerprint density at radius 3 is 2.96 bits per heavy atom. The number of hydrogen-bond acceptors (Lipinski definition) is 6. The zero-order valence-corrected chi connectivity index (χ0v) is 15.3. The molecule has 1 aliphatic carbocycles. The molecule has 0 saturated heterocycles. The first kappa shape index (κ1) is 16.9. The van der Waals surface area contributed by atoms with Crippen LogP contribution in [0.25, 0.3) is 11.0 Å². The minimum absolute atomic E-state index is 0.0673. The standard InChI is InChI=1S/C18H16ClFN8/c19-16-9(1-2-12-17(16)24-8-23-12)7-22-18-21-4-3-14(26-18)25-15-6-13(27-28-15)10-5-11(10)20/h1-4,6,8,10-11H,5,7H2,(H,23,24)(H3,21,22,25,26,27,28)/t10-,11-/m1/s1.